The van der Waals surface area contributed by atoms with Crippen molar-refractivity contribution in [3.63, 3.8) is 0 Å². The molecule has 6 nitrogen and oxygen atoms in total. The highest BCUT2D eigenvalue weighted by molar-refractivity contribution is 7.89. The van der Waals surface area contributed by atoms with Gasteiger partial charge in [0.2, 0.25) is 10.0 Å². The molecular formula is C18H24BNO5S. The number of rotatable bonds is 8. The third kappa shape index (κ3) is 5.15. The minimum absolute atomic E-state index is 0.0582. The topological polar surface area (TPSA) is 98.1 Å². The Morgan fingerprint density at radius 1 is 0.962 bits per heavy atom. The van der Waals surface area contributed by atoms with Gasteiger partial charge in [0.25, 0.3) is 0 Å². The van der Waals surface area contributed by atoms with Crippen LogP contribution in [0.15, 0.2) is 53.4 Å². The lowest BCUT2D eigenvalue weighted by Crippen LogP contribution is -2.34. The molecule has 140 valence electrons. The van der Waals surface area contributed by atoms with E-state index in [1.165, 1.54) is 28.6 Å². The first kappa shape index (κ1) is 20.6. The first-order valence-electron chi connectivity index (χ1n) is 8.39. The van der Waals surface area contributed by atoms with Crippen LogP contribution in [0.2, 0.25) is 0 Å². The Balaban J connectivity index is 2.30. The molecule has 0 saturated heterocycles. The van der Waals surface area contributed by atoms with Crippen molar-refractivity contribution in [1.82, 2.24) is 4.31 Å². The third-order valence-corrected chi connectivity index (χ3v) is 5.78. The molecule has 26 heavy (non-hydrogen) atoms. The van der Waals surface area contributed by atoms with Gasteiger partial charge in [-0.2, -0.15) is 4.31 Å². The van der Waals surface area contributed by atoms with Gasteiger partial charge in [0.15, 0.2) is 0 Å². The van der Waals surface area contributed by atoms with Gasteiger partial charge in [-0.3, -0.25) is 0 Å². The number of sulfonamides is 1. The van der Waals surface area contributed by atoms with Crippen molar-refractivity contribution in [2.75, 3.05) is 6.54 Å². The Hall–Kier alpha value is -1.71. The van der Waals surface area contributed by atoms with Crippen LogP contribution in [-0.2, 0) is 23.2 Å². The lowest BCUT2D eigenvalue weighted by atomic mass is 9.81. The van der Waals surface area contributed by atoms with Crippen LogP contribution in [0, 0.1) is 5.92 Å². The second-order valence-corrected chi connectivity index (χ2v) is 8.55. The van der Waals surface area contributed by atoms with Gasteiger partial charge in [-0.15, -0.1) is 0 Å². The van der Waals surface area contributed by atoms with Crippen molar-refractivity contribution in [1.29, 1.82) is 0 Å². The SMILES string of the molecule is CC(C)CN(Cc1ccc(CO)cc1)S(=O)(=O)c1ccc(B(O)O)cc1. The van der Waals surface area contributed by atoms with Gasteiger partial charge in [0, 0.05) is 13.1 Å². The highest BCUT2D eigenvalue weighted by Crippen LogP contribution is 2.20. The number of benzene rings is 2. The maximum absolute atomic E-state index is 13.0. The van der Waals surface area contributed by atoms with Crippen molar-refractivity contribution in [3.05, 3.63) is 59.7 Å². The predicted molar refractivity (Wildman–Crippen MR) is 101 cm³/mol. The van der Waals surface area contributed by atoms with E-state index in [9.17, 15) is 8.42 Å². The molecule has 0 aromatic heterocycles. The zero-order chi connectivity index (χ0) is 19.3. The van der Waals surface area contributed by atoms with Gasteiger partial charge in [-0.05, 0) is 34.6 Å². The fourth-order valence-electron chi connectivity index (χ4n) is 2.57. The van der Waals surface area contributed by atoms with E-state index in [-0.39, 0.29) is 29.4 Å². The lowest BCUT2D eigenvalue weighted by Gasteiger charge is -2.24. The van der Waals surface area contributed by atoms with Crippen molar-refractivity contribution in [2.24, 2.45) is 5.92 Å². The minimum atomic E-state index is -3.73. The molecule has 0 unspecified atom stereocenters. The number of aliphatic hydroxyl groups excluding tert-OH is 1. The lowest BCUT2D eigenvalue weighted by molar-refractivity contribution is 0.281. The third-order valence-electron chi connectivity index (χ3n) is 3.95. The highest BCUT2D eigenvalue weighted by atomic mass is 32.2. The van der Waals surface area contributed by atoms with E-state index in [1.807, 2.05) is 13.8 Å². The van der Waals surface area contributed by atoms with Crippen LogP contribution in [0.25, 0.3) is 0 Å². The minimum Gasteiger partial charge on any atom is -0.423 e. The van der Waals surface area contributed by atoms with Gasteiger partial charge in [-0.1, -0.05) is 50.2 Å². The molecule has 0 amide bonds. The summed E-state index contributed by atoms with van der Waals surface area (Å²) in [7, 11) is -5.37. The van der Waals surface area contributed by atoms with E-state index < -0.39 is 17.1 Å². The molecule has 0 atom stereocenters. The zero-order valence-corrected chi connectivity index (χ0v) is 15.7. The van der Waals surface area contributed by atoms with Gasteiger partial charge in [-0.25, -0.2) is 8.42 Å². The summed E-state index contributed by atoms with van der Waals surface area (Å²) < 4.78 is 27.5. The van der Waals surface area contributed by atoms with Gasteiger partial charge >= 0.3 is 7.12 Å². The zero-order valence-electron chi connectivity index (χ0n) is 14.9. The normalized spacial score (nSPS) is 12.0. The Labute approximate surface area is 154 Å². The summed E-state index contributed by atoms with van der Waals surface area (Å²) in [5.74, 6) is 0.139. The van der Waals surface area contributed by atoms with Crippen LogP contribution >= 0.6 is 0 Å². The van der Waals surface area contributed by atoms with Gasteiger partial charge < -0.3 is 15.2 Å². The summed E-state index contributed by atoms with van der Waals surface area (Å²) in [4.78, 5) is 0.106. The van der Waals surface area contributed by atoms with E-state index in [2.05, 4.69) is 0 Å². The van der Waals surface area contributed by atoms with Crippen LogP contribution in [0.5, 0.6) is 0 Å². The number of nitrogens with zero attached hydrogens (tertiary/aromatic N) is 1. The molecule has 0 saturated carbocycles. The fourth-order valence-corrected chi connectivity index (χ4v) is 4.16. The maximum Gasteiger partial charge on any atom is 0.488 e. The molecule has 0 aliphatic rings. The quantitative estimate of drug-likeness (QED) is 0.589. The van der Waals surface area contributed by atoms with E-state index >= 15 is 0 Å². The molecule has 8 heteroatoms. The van der Waals surface area contributed by atoms with E-state index in [1.54, 1.807) is 24.3 Å². The first-order chi connectivity index (χ1) is 12.2. The monoisotopic (exact) mass is 377 g/mol. The number of hydrogen-bond donors (Lipinski definition) is 3. The molecular weight excluding hydrogens is 353 g/mol. The average Bonchev–Trinajstić information content (AvgIpc) is 2.61. The second-order valence-electron chi connectivity index (χ2n) is 6.61. The smallest absolute Gasteiger partial charge is 0.423 e. The molecule has 0 aliphatic carbocycles. The van der Waals surface area contributed by atoms with Gasteiger partial charge in [0.1, 0.15) is 0 Å². The fraction of sp³-hybridized carbons (Fsp3) is 0.333. The van der Waals surface area contributed by atoms with Crippen molar-refractivity contribution in [3.8, 4) is 0 Å². The Morgan fingerprint density at radius 3 is 1.96 bits per heavy atom. The van der Waals surface area contributed by atoms with Crippen molar-refractivity contribution < 1.29 is 23.6 Å². The van der Waals surface area contributed by atoms with Crippen LogP contribution in [0.1, 0.15) is 25.0 Å². The summed E-state index contributed by atoms with van der Waals surface area (Å²) in [5, 5.41) is 27.4. The molecule has 2 rings (SSSR count). The van der Waals surface area contributed by atoms with E-state index in [0.717, 1.165) is 11.1 Å². The molecule has 0 radical (unpaired) electrons. The molecule has 0 heterocycles. The molecule has 2 aromatic carbocycles. The molecule has 0 fully saturated rings. The van der Waals surface area contributed by atoms with Crippen LogP contribution in [0.4, 0.5) is 0 Å². The predicted octanol–water partition coefficient (Wildman–Crippen LogP) is 0.706. The first-order valence-corrected chi connectivity index (χ1v) is 9.83. The summed E-state index contributed by atoms with van der Waals surface area (Å²) in [6.07, 6.45) is 0. The summed E-state index contributed by atoms with van der Waals surface area (Å²) in [6, 6.07) is 12.7. The molecule has 3 N–H and O–H groups in total. The number of hydrogen-bond acceptors (Lipinski definition) is 5. The summed E-state index contributed by atoms with van der Waals surface area (Å²) >= 11 is 0. The van der Waals surface area contributed by atoms with Crippen LogP contribution in [0.3, 0.4) is 0 Å². The average molecular weight is 377 g/mol. The largest absolute Gasteiger partial charge is 0.488 e. The maximum atomic E-state index is 13.0. The Kier molecular flexibility index (Phi) is 6.97. The molecule has 0 bridgehead atoms. The van der Waals surface area contributed by atoms with Crippen LogP contribution < -0.4 is 5.46 Å². The Bertz CT molecular complexity index is 804. The summed E-state index contributed by atoms with van der Waals surface area (Å²) in [5.41, 5.74) is 1.83. The van der Waals surface area contributed by atoms with Crippen LogP contribution in [-0.4, -0.2) is 41.5 Å². The van der Waals surface area contributed by atoms with Gasteiger partial charge in [0.05, 0.1) is 11.5 Å². The molecule has 2 aromatic rings. The van der Waals surface area contributed by atoms with Crippen molar-refractivity contribution >= 4 is 22.6 Å². The second kappa shape index (κ2) is 8.79. The van der Waals surface area contributed by atoms with E-state index in [4.69, 9.17) is 15.2 Å². The molecule has 0 spiro atoms. The standard InChI is InChI=1S/C18H24BNO5S/c1-14(2)11-20(12-15-3-5-16(13-21)6-4-15)26(24,25)18-9-7-17(8-10-18)19(22)23/h3-10,14,21-23H,11-13H2,1-2H3. The summed E-state index contributed by atoms with van der Waals surface area (Å²) in [6.45, 7) is 4.41. The number of aliphatic hydroxyl groups is 1. The van der Waals surface area contributed by atoms with E-state index in [0.29, 0.717) is 6.54 Å². The highest BCUT2D eigenvalue weighted by Gasteiger charge is 2.26. The Morgan fingerprint density at radius 2 is 1.50 bits per heavy atom. The molecule has 0 aliphatic heterocycles. The van der Waals surface area contributed by atoms with Crippen molar-refractivity contribution in [2.45, 2.75) is 31.9 Å².